The molecule has 0 aliphatic heterocycles. The molecule has 0 heterocycles. The molecule has 2 N–H and O–H groups in total. The monoisotopic (exact) mass is 223 g/mol. The van der Waals surface area contributed by atoms with Crippen molar-refractivity contribution in [3.05, 3.63) is 23.8 Å². The first kappa shape index (κ1) is 12.4. The summed E-state index contributed by atoms with van der Waals surface area (Å²) < 4.78 is 10.4. The molecular weight excluding hydrogens is 206 g/mol. The lowest BCUT2D eigenvalue weighted by Crippen LogP contribution is -2.12. The van der Waals surface area contributed by atoms with Crippen molar-refractivity contribution < 1.29 is 14.3 Å². The maximum absolute atomic E-state index is 11.6. The molecule has 0 spiro atoms. The Balaban J connectivity index is 3.02. The minimum Gasteiger partial charge on any atom is -0.490 e. The Kier molecular flexibility index (Phi) is 4.17. The zero-order chi connectivity index (χ0) is 12.1. The molecule has 1 aromatic rings. The molecule has 0 radical (unpaired) electrons. The van der Waals surface area contributed by atoms with E-state index in [1.165, 1.54) is 0 Å². The molecule has 0 saturated carbocycles. The largest absolute Gasteiger partial charge is 0.490 e. The van der Waals surface area contributed by atoms with Gasteiger partial charge in [0.05, 0.1) is 12.7 Å². The third-order valence-corrected chi connectivity index (χ3v) is 1.86. The Bertz CT molecular complexity index is 375. The first-order chi connectivity index (χ1) is 7.54. The summed E-state index contributed by atoms with van der Waals surface area (Å²) >= 11 is 0. The lowest BCUT2D eigenvalue weighted by atomic mass is 10.2. The van der Waals surface area contributed by atoms with Crippen molar-refractivity contribution >= 4 is 11.7 Å². The fourth-order valence-electron chi connectivity index (χ4n) is 1.27. The number of hydrogen-bond acceptors (Lipinski definition) is 4. The van der Waals surface area contributed by atoms with Gasteiger partial charge in [-0.2, -0.15) is 0 Å². The summed E-state index contributed by atoms with van der Waals surface area (Å²) in [7, 11) is 0. The normalized spacial score (nSPS) is 10.2. The van der Waals surface area contributed by atoms with Crippen molar-refractivity contribution in [2.45, 2.75) is 26.9 Å². The Labute approximate surface area is 95.3 Å². The zero-order valence-corrected chi connectivity index (χ0v) is 9.82. The van der Waals surface area contributed by atoms with Gasteiger partial charge in [-0.05, 0) is 32.9 Å². The van der Waals surface area contributed by atoms with Gasteiger partial charge in [-0.1, -0.05) is 0 Å². The molecule has 4 heteroatoms. The summed E-state index contributed by atoms with van der Waals surface area (Å²) in [5.74, 6) is 0.0756. The van der Waals surface area contributed by atoms with Crippen LogP contribution in [0.5, 0.6) is 5.75 Å². The van der Waals surface area contributed by atoms with E-state index >= 15 is 0 Å². The number of anilines is 1. The summed E-state index contributed by atoms with van der Waals surface area (Å²) in [5, 5.41) is 0. The standard InChI is InChI=1S/C12H17NO3/c1-4-15-12(14)10-6-5-9(13)7-11(10)16-8(2)3/h5-8H,4,13H2,1-3H3. The lowest BCUT2D eigenvalue weighted by molar-refractivity contribution is 0.0520. The van der Waals surface area contributed by atoms with Gasteiger partial charge in [0.1, 0.15) is 11.3 Å². The van der Waals surface area contributed by atoms with Gasteiger partial charge in [-0.3, -0.25) is 0 Å². The van der Waals surface area contributed by atoms with Crippen LogP contribution in [0.4, 0.5) is 5.69 Å². The summed E-state index contributed by atoms with van der Waals surface area (Å²) in [4.78, 5) is 11.6. The second kappa shape index (κ2) is 5.39. The Morgan fingerprint density at radius 1 is 1.44 bits per heavy atom. The molecule has 88 valence electrons. The van der Waals surface area contributed by atoms with Gasteiger partial charge in [0.25, 0.3) is 0 Å². The average Bonchev–Trinajstić information content (AvgIpc) is 2.16. The predicted octanol–water partition coefficient (Wildman–Crippen LogP) is 2.23. The van der Waals surface area contributed by atoms with Crippen LogP contribution in [0.3, 0.4) is 0 Å². The minimum absolute atomic E-state index is 0.0185. The topological polar surface area (TPSA) is 61.5 Å². The van der Waals surface area contributed by atoms with Crippen molar-refractivity contribution in [2.75, 3.05) is 12.3 Å². The molecule has 0 unspecified atom stereocenters. The summed E-state index contributed by atoms with van der Waals surface area (Å²) in [6.07, 6.45) is -0.0185. The van der Waals surface area contributed by atoms with Gasteiger partial charge >= 0.3 is 5.97 Å². The van der Waals surface area contributed by atoms with Crippen LogP contribution in [0.15, 0.2) is 18.2 Å². The van der Waals surface area contributed by atoms with Crippen molar-refractivity contribution in [1.29, 1.82) is 0 Å². The SMILES string of the molecule is CCOC(=O)c1ccc(N)cc1OC(C)C. The molecule has 0 atom stereocenters. The van der Waals surface area contributed by atoms with E-state index in [9.17, 15) is 4.79 Å². The number of hydrogen-bond donors (Lipinski definition) is 1. The van der Waals surface area contributed by atoms with Gasteiger partial charge in [-0.15, -0.1) is 0 Å². The van der Waals surface area contributed by atoms with Crippen LogP contribution < -0.4 is 10.5 Å². The minimum atomic E-state index is -0.391. The number of carbonyl (C=O) groups is 1. The number of nitrogen functional groups attached to an aromatic ring is 1. The number of rotatable bonds is 4. The maximum Gasteiger partial charge on any atom is 0.341 e. The van der Waals surface area contributed by atoms with Crippen molar-refractivity contribution in [3.8, 4) is 5.75 Å². The maximum atomic E-state index is 11.6. The van der Waals surface area contributed by atoms with Crippen molar-refractivity contribution in [2.24, 2.45) is 0 Å². The Morgan fingerprint density at radius 3 is 2.69 bits per heavy atom. The van der Waals surface area contributed by atoms with Crippen molar-refractivity contribution in [3.63, 3.8) is 0 Å². The number of esters is 1. The van der Waals surface area contributed by atoms with E-state index in [2.05, 4.69) is 0 Å². The van der Waals surface area contributed by atoms with E-state index in [0.717, 1.165) is 0 Å². The first-order valence-corrected chi connectivity index (χ1v) is 5.28. The highest BCUT2D eigenvalue weighted by atomic mass is 16.5. The van der Waals surface area contributed by atoms with E-state index in [4.69, 9.17) is 15.2 Å². The highest BCUT2D eigenvalue weighted by Crippen LogP contribution is 2.23. The quantitative estimate of drug-likeness (QED) is 0.628. The lowest BCUT2D eigenvalue weighted by Gasteiger charge is -2.13. The van der Waals surface area contributed by atoms with Crippen LogP contribution >= 0.6 is 0 Å². The molecule has 0 fully saturated rings. The van der Waals surface area contributed by atoms with E-state index in [1.807, 2.05) is 13.8 Å². The molecule has 4 nitrogen and oxygen atoms in total. The summed E-state index contributed by atoms with van der Waals surface area (Å²) in [6, 6.07) is 4.90. The Hall–Kier alpha value is -1.71. The zero-order valence-electron chi connectivity index (χ0n) is 9.82. The molecule has 0 amide bonds. The van der Waals surface area contributed by atoms with Crippen LogP contribution in [-0.4, -0.2) is 18.7 Å². The third-order valence-electron chi connectivity index (χ3n) is 1.86. The van der Waals surface area contributed by atoms with Crippen molar-refractivity contribution in [1.82, 2.24) is 0 Å². The highest BCUT2D eigenvalue weighted by molar-refractivity contribution is 5.93. The number of carbonyl (C=O) groups excluding carboxylic acids is 1. The smallest absolute Gasteiger partial charge is 0.341 e. The van der Waals surface area contributed by atoms with Gasteiger partial charge < -0.3 is 15.2 Å². The fraction of sp³-hybridized carbons (Fsp3) is 0.417. The first-order valence-electron chi connectivity index (χ1n) is 5.28. The number of benzene rings is 1. The van der Waals surface area contributed by atoms with E-state index in [-0.39, 0.29) is 6.10 Å². The van der Waals surface area contributed by atoms with Crippen LogP contribution in [0.1, 0.15) is 31.1 Å². The summed E-state index contributed by atoms with van der Waals surface area (Å²) in [5.41, 5.74) is 6.61. The van der Waals surface area contributed by atoms with Crippen LogP contribution in [0.2, 0.25) is 0 Å². The molecular formula is C12H17NO3. The Morgan fingerprint density at radius 2 is 2.12 bits per heavy atom. The molecule has 0 aromatic heterocycles. The van der Waals surface area contributed by atoms with E-state index in [0.29, 0.717) is 23.6 Å². The second-order valence-electron chi connectivity index (χ2n) is 3.64. The van der Waals surface area contributed by atoms with Gasteiger partial charge in [0, 0.05) is 11.8 Å². The predicted molar refractivity (Wildman–Crippen MR) is 62.6 cm³/mol. The fourth-order valence-corrected chi connectivity index (χ4v) is 1.27. The molecule has 0 aliphatic carbocycles. The highest BCUT2D eigenvalue weighted by Gasteiger charge is 2.14. The number of ether oxygens (including phenoxy) is 2. The van der Waals surface area contributed by atoms with Gasteiger partial charge in [0.15, 0.2) is 0 Å². The van der Waals surface area contributed by atoms with E-state index < -0.39 is 5.97 Å². The van der Waals surface area contributed by atoms with E-state index in [1.54, 1.807) is 25.1 Å². The molecule has 1 rings (SSSR count). The third kappa shape index (κ3) is 3.15. The van der Waals surface area contributed by atoms with Crippen LogP contribution in [-0.2, 0) is 4.74 Å². The van der Waals surface area contributed by atoms with Gasteiger partial charge in [-0.25, -0.2) is 4.79 Å². The van der Waals surface area contributed by atoms with Gasteiger partial charge in [0.2, 0.25) is 0 Å². The average molecular weight is 223 g/mol. The molecule has 0 bridgehead atoms. The molecule has 0 aliphatic rings. The molecule has 1 aromatic carbocycles. The summed E-state index contributed by atoms with van der Waals surface area (Å²) in [6.45, 7) is 5.87. The molecule has 16 heavy (non-hydrogen) atoms. The van der Waals surface area contributed by atoms with Crippen LogP contribution in [0, 0.1) is 0 Å². The molecule has 0 saturated heterocycles. The second-order valence-corrected chi connectivity index (χ2v) is 3.64. The van der Waals surface area contributed by atoms with Crippen LogP contribution in [0.25, 0.3) is 0 Å². The number of nitrogens with two attached hydrogens (primary N) is 1.